The van der Waals surface area contributed by atoms with Crippen molar-refractivity contribution in [2.45, 2.75) is 51.5 Å². The van der Waals surface area contributed by atoms with E-state index in [0.717, 1.165) is 34.8 Å². The summed E-state index contributed by atoms with van der Waals surface area (Å²) in [5.41, 5.74) is 4.34. The van der Waals surface area contributed by atoms with E-state index in [2.05, 4.69) is 59.9 Å². The number of benzene rings is 2. The van der Waals surface area contributed by atoms with Crippen LogP contribution in [0, 0.1) is 37.5 Å². The number of aryl methyl sites for hydroxylation is 2. The second kappa shape index (κ2) is 7.32. The van der Waals surface area contributed by atoms with Gasteiger partial charge in [0.2, 0.25) is 0 Å². The van der Waals surface area contributed by atoms with E-state index >= 15 is 0 Å². The monoisotopic (exact) mass is 429 g/mol. The minimum absolute atomic E-state index is 0.264. The lowest BCUT2D eigenvalue weighted by atomic mass is 9.48. The van der Waals surface area contributed by atoms with E-state index in [0.29, 0.717) is 11.8 Å². The number of tetrazole rings is 1. The van der Waals surface area contributed by atoms with Crippen molar-refractivity contribution in [2.24, 2.45) is 23.7 Å². The molecule has 7 rings (SSSR count). The van der Waals surface area contributed by atoms with Gasteiger partial charge in [-0.25, -0.2) is 0 Å². The molecule has 3 aromatic rings. The first kappa shape index (κ1) is 19.8. The summed E-state index contributed by atoms with van der Waals surface area (Å²) in [5.74, 6) is 4.63. The molecule has 4 aliphatic rings. The maximum atomic E-state index is 5.39. The average Bonchev–Trinajstić information content (AvgIpc) is 3.26. The number of ether oxygens (including phenoxy) is 1. The van der Waals surface area contributed by atoms with E-state index in [1.807, 2.05) is 16.8 Å². The number of rotatable bonds is 5. The number of methoxy groups -OCH3 is 1. The third kappa shape index (κ3) is 2.88. The van der Waals surface area contributed by atoms with E-state index in [9.17, 15) is 0 Å². The average molecular weight is 430 g/mol. The maximum absolute atomic E-state index is 5.39. The number of anilines is 1. The fourth-order valence-corrected chi connectivity index (χ4v) is 7.20. The molecule has 0 saturated heterocycles. The van der Waals surface area contributed by atoms with Gasteiger partial charge < -0.3 is 10.1 Å². The van der Waals surface area contributed by atoms with Crippen molar-refractivity contribution in [1.82, 2.24) is 20.2 Å². The van der Waals surface area contributed by atoms with E-state index in [1.54, 1.807) is 7.11 Å². The quantitative estimate of drug-likeness (QED) is 0.615. The van der Waals surface area contributed by atoms with Crippen LogP contribution >= 0.6 is 0 Å². The highest BCUT2D eigenvalue weighted by Crippen LogP contribution is 2.62. The van der Waals surface area contributed by atoms with E-state index in [-0.39, 0.29) is 5.54 Å². The summed E-state index contributed by atoms with van der Waals surface area (Å²) in [7, 11) is 1.71. The highest BCUT2D eigenvalue weighted by atomic mass is 16.5. The third-order valence-electron chi connectivity index (χ3n) is 8.36. The van der Waals surface area contributed by atoms with Crippen LogP contribution in [-0.4, -0.2) is 27.3 Å². The van der Waals surface area contributed by atoms with Gasteiger partial charge in [0.1, 0.15) is 11.3 Å². The Labute approximate surface area is 189 Å². The SMILES string of the molecule is COc1ccc(NC2(c3nnnn3-c3c(C)cccc3C)C3CC4CC(C3)CC2C4)cc1. The molecule has 6 nitrogen and oxygen atoms in total. The number of para-hydroxylation sites is 1. The van der Waals surface area contributed by atoms with Crippen LogP contribution in [0.1, 0.15) is 49.1 Å². The number of aromatic nitrogens is 4. The summed E-state index contributed by atoms with van der Waals surface area (Å²) in [4.78, 5) is 0. The normalized spacial score (nSPS) is 30.5. The van der Waals surface area contributed by atoms with Gasteiger partial charge in [0, 0.05) is 5.69 Å². The van der Waals surface area contributed by atoms with Crippen molar-refractivity contribution in [3.8, 4) is 11.4 Å². The van der Waals surface area contributed by atoms with Crippen LogP contribution in [0.4, 0.5) is 5.69 Å². The molecular weight excluding hydrogens is 398 g/mol. The van der Waals surface area contributed by atoms with Crippen LogP contribution in [0.3, 0.4) is 0 Å². The maximum Gasteiger partial charge on any atom is 0.182 e. The van der Waals surface area contributed by atoms with Crippen LogP contribution in [-0.2, 0) is 5.54 Å². The van der Waals surface area contributed by atoms with Crippen molar-refractivity contribution < 1.29 is 4.74 Å². The van der Waals surface area contributed by atoms with Crippen LogP contribution < -0.4 is 10.1 Å². The molecule has 4 bridgehead atoms. The first-order chi connectivity index (χ1) is 15.6. The van der Waals surface area contributed by atoms with Gasteiger partial charge >= 0.3 is 0 Å². The Morgan fingerprint density at radius 3 is 2.12 bits per heavy atom. The predicted molar refractivity (Wildman–Crippen MR) is 124 cm³/mol. The summed E-state index contributed by atoms with van der Waals surface area (Å²) < 4.78 is 7.42. The largest absolute Gasteiger partial charge is 0.497 e. The molecule has 1 N–H and O–H groups in total. The van der Waals surface area contributed by atoms with E-state index in [4.69, 9.17) is 9.84 Å². The van der Waals surface area contributed by atoms with E-state index in [1.165, 1.54) is 43.2 Å². The van der Waals surface area contributed by atoms with Gasteiger partial charge in [-0.2, -0.15) is 4.68 Å². The Bertz CT molecular complexity index is 1090. The van der Waals surface area contributed by atoms with Crippen molar-refractivity contribution in [3.05, 3.63) is 59.4 Å². The van der Waals surface area contributed by atoms with Crippen molar-refractivity contribution >= 4 is 5.69 Å². The molecule has 4 saturated carbocycles. The highest BCUT2D eigenvalue weighted by molar-refractivity contribution is 5.52. The lowest BCUT2D eigenvalue weighted by molar-refractivity contribution is -0.0523. The fraction of sp³-hybridized carbons (Fsp3) is 0.500. The summed E-state index contributed by atoms with van der Waals surface area (Å²) >= 11 is 0. The molecule has 6 heteroatoms. The lowest BCUT2D eigenvalue weighted by Gasteiger charge is -2.60. The van der Waals surface area contributed by atoms with Crippen LogP contribution in [0.25, 0.3) is 5.69 Å². The molecule has 0 amide bonds. The third-order valence-corrected chi connectivity index (χ3v) is 8.36. The predicted octanol–water partition coefficient (Wildman–Crippen LogP) is 5.05. The van der Waals surface area contributed by atoms with Crippen LogP contribution in [0.2, 0.25) is 0 Å². The summed E-state index contributed by atoms with van der Waals surface area (Å²) in [6.07, 6.45) is 6.45. The summed E-state index contributed by atoms with van der Waals surface area (Å²) in [6.45, 7) is 4.29. The molecule has 0 unspecified atom stereocenters. The first-order valence-electron chi connectivity index (χ1n) is 11.9. The summed E-state index contributed by atoms with van der Waals surface area (Å²) in [5, 5.41) is 17.5. The minimum Gasteiger partial charge on any atom is -0.497 e. The molecular formula is C26H31N5O. The Kier molecular flexibility index (Phi) is 4.52. The van der Waals surface area contributed by atoms with Crippen LogP contribution in [0.15, 0.2) is 42.5 Å². The zero-order valence-corrected chi connectivity index (χ0v) is 19.1. The fourth-order valence-electron chi connectivity index (χ4n) is 7.20. The molecule has 4 aliphatic carbocycles. The van der Waals surface area contributed by atoms with Crippen molar-refractivity contribution in [3.63, 3.8) is 0 Å². The van der Waals surface area contributed by atoms with Crippen molar-refractivity contribution in [1.29, 1.82) is 0 Å². The molecule has 0 atom stereocenters. The molecule has 0 radical (unpaired) electrons. The molecule has 2 aromatic carbocycles. The standard InChI is InChI=1S/C26H31N5O/c1-16-5-4-6-17(2)24(16)31-25(28-29-30-31)26(27-22-7-9-23(32-3)10-8-22)20-12-18-11-19(14-20)15-21(26)13-18/h4-10,18-21,27H,11-15H2,1-3H3. The Balaban J connectivity index is 1.51. The first-order valence-corrected chi connectivity index (χ1v) is 11.9. The van der Waals surface area contributed by atoms with Gasteiger partial charge in [0.25, 0.3) is 0 Å². The second-order valence-electron chi connectivity index (χ2n) is 10.2. The van der Waals surface area contributed by atoms with Gasteiger partial charge in [-0.3, -0.25) is 0 Å². The van der Waals surface area contributed by atoms with Crippen LogP contribution in [0.5, 0.6) is 5.75 Å². The number of nitrogens with zero attached hydrogens (tertiary/aromatic N) is 4. The lowest BCUT2D eigenvalue weighted by Crippen LogP contribution is -2.60. The van der Waals surface area contributed by atoms with Gasteiger partial charge in [-0.1, -0.05) is 18.2 Å². The Morgan fingerprint density at radius 2 is 1.53 bits per heavy atom. The van der Waals surface area contributed by atoms with Gasteiger partial charge in [-0.05, 0) is 115 Å². The van der Waals surface area contributed by atoms with Crippen molar-refractivity contribution in [2.75, 3.05) is 12.4 Å². The van der Waals surface area contributed by atoms with E-state index < -0.39 is 0 Å². The van der Waals surface area contributed by atoms with Gasteiger partial charge in [-0.15, -0.1) is 5.10 Å². The molecule has 166 valence electrons. The molecule has 1 aromatic heterocycles. The molecule has 1 heterocycles. The molecule has 0 aliphatic heterocycles. The number of nitrogens with one attached hydrogen (secondary N) is 1. The molecule has 4 fully saturated rings. The highest BCUT2D eigenvalue weighted by Gasteiger charge is 2.60. The number of hydrogen-bond donors (Lipinski definition) is 1. The molecule has 32 heavy (non-hydrogen) atoms. The Hall–Kier alpha value is -2.89. The zero-order valence-electron chi connectivity index (χ0n) is 19.1. The molecule has 0 spiro atoms. The van der Waals surface area contributed by atoms with Gasteiger partial charge in [0.15, 0.2) is 5.82 Å². The summed E-state index contributed by atoms with van der Waals surface area (Å²) in [6, 6.07) is 14.7. The smallest absolute Gasteiger partial charge is 0.182 e. The number of hydrogen-bond acceptors (Lipinski definition) is 5. The van der Waals surface area contributed by atoms with Gasteiger partial charge in [0.05, 0.1) is 12.8 Å². The minimum atomic E-state index is -0.264. The second-order valence-corrected chi connectivity index (χ2v) is 10.2. The topological polar surface area (TPSA) is 64.9 Å². The Morgan fingerprint density at radius 1 is 0.906 bits per heavy atom. The zero-order chi connectivity index (χ0) is 21.9.